The van der Waals surface area contributed by atoms with E-state index in [0.717, 1.165) is 30.1 Å². The molecule has 3 unspecified atom stereocenters. The summed E-state index contributed by atoms with van der Waals surface area (Å²) in [4.78, 5) is 11.8. The first-order chi connectivity index (χ1) is 16.2. The van der Waals surface area contributed by atoms with Gasteiger partial charge in [-0.15, -0.1) is 0 Å². The molecule has 0 saturated heterocycles. The van der Waals surface area contributed by atoms with Gasteiger partial charge in [0.25, 0.3) is 0 Å². The summed E-state index contributed by atoms with van der Waals surface area (Å²) in [7, 11) is 0. The monoisotopic (exact) mass is 484 g/mol. The molecule has 0 aromatic rings. The SMILES string of the molecule is CC(=O)O[C@H]1CC[C@]2(C)C3=C(CCC2C1(C)C)[C@]1(C)CCC([C@@H](C)CCC(C)C(C)C)[C@@]1(C)CC3. The number of allylic oxidation sites excluding steroid dienone is 2. The first kappa shape index (κ1) is 27.3. The van der Waals surface area contributed by atoms with Crippen LogP contribution < -0.4 is 0 Å². The number of rotatable bonds is 6. The van der Waals surface area contributed by atoms with E-state index in [0.29, 0.717) is 16.7 Å². The molecule has 2 nitrogen and oxygen atoms in total. The van der Waals surface area contributed by atoms with Crippen LogP contribution in [0.25, 0.3) is 0 Å². The standard InChI is InChI=1S/C33H56O2/c1-21(2)22(3)11-12-23(4)25-15-19-33(10)27-13-14-28-30(6,7)29(35-24(5)34)17-18-31(28,8)26(27)16-20-32(25,33)9/h21-23,25,28-29H,11-20H2,1-10H3/t22?,23-,25?,28?,29-,31+,32+,33-/m0/s1. The summed E-state index contributed by atoms with van der Waals surface area (Å²) in [6, 6.07) is 0. The average Bonchev–Trinajstić information content (AvgIpc) is 3.05. The van der Waals surface area contributed by atoms with Gasteiger partial charge in [0.15, 0.2) is 0 Å². The van der Waals surface area contributed by atoms with E-state index in [2.05, 4.69) is 62.3 Å². The fourth-order valence-electron chi connectivity index (χ4n) is 10.1. The smallest absolute Gasteiger partial charge is 0.302 e. The van der Waals surface area contributed by atoms with Crippen LogP contribution in [0.1, 0.15) is 133 Å². The largest absolute Gasteiger partial charge is 0.462 e. The van der Waals surface area contributed by atoms with Gasteiger partial charge < -0.3 is 4.74 Å². The van der Waals surface area contributed by atoms with Crippen LogP contribution in [0.5, 0.6) is 0 Å². The van der Waals surface area contributed by atoms with Gasteiger partial charge in [0.1, 0.15) is 6.10 Å². The van der Waals surface area contributed by atoms with E-state index < -0.39 is 0 Å². The van der Waals surface area contributed by atoms with Gasteiger partial charge >= 0.3 is 5.97 Å². The molecule has 4 rings (SSSR count). The first-order valence-electron chi connectivity index (χ1n) is 15.1. The summed E-state index contributed by atoms with van der Waals surface area (Å²) in [5.74, 6) is 3.81. The molecule has 2 fully saturated rings. The van der Waals surface area contributed by atoms with E-state index in [4.69, 9.17) is 4.74 Å². The zero-order valence-corrected chi connectivity index (χ0v) is 24.9. The summed E-state index contributed by atoms with van der Waals surface area (Å²) in [5.41, 5.74) is 4.84. The number of carbonyl (C=O) groups excluding carboxylic acids is 1. The van der Waals surface area contributed by atoms with Crippen molar-refractivity contribution in [2.45, 2.75) is 140 Å². The summed E-state index contributed by atoms with van der Waals surface area (Å²) < 4.78 is 5.88. The molecule has 0 bridgehead atoms. The van der Waals surface area contributed by atoms with Gasteiger partial charge in [-0.3, -0.25) is 4.79 Å². The summed E-state index contributed by atoms with van der Waals surface area (Å²) in [6.07, 6.45) is 13.0. The van der Waals surface area contributed by atoms with Crippen molar-refractivity contribution in [2.75, 3.05) is 0 Å². The molecule has 0 radical (unpaired) electrons. The van der Waals surface area contributed by atoms with Gasteiger partial charge in [-0.25, -0.2) is 0 Å². The fourth-order valence-corrected chi connectivity index (χ4v) is 10.1. The van der Waals surface area contributed by atoms with Crippen LogP contribution in [-0.4, -0.2) is 12.1 Å². The molecule has 0 amide bonds. The summed E-state index contributed by atoms with van der Waals surface area (Å²) in [5, 5.41) is 0. The maximum atomic E-state index is 11.8. The lowest BCUT2D eigenvalue weighted by molar-refractivity contribution is -0.167. The van der Waals surface area contributed by atoms with E-state index in [1.54, 1.807) is 6.92 Å². The molecule has 0 aromatic carbocycles. The molecule has 0 aliphatic heterocycles. The number of carbonyl (C=O) groups is 1. The Labute approximate surface area is 217 Å². The van der Waals surface area contributed by atoms with E-state index in [-0.39, 0.29) is 22.9 Å². The molecule has 35 heavy (non-hydrogen) atoms. The Morgan fingerprint density at radius 1 is 0.886 bits per heavy atom. The zero-order valence-electron chi connectivity index (χ0n) is 24.9. The Hall–Kier alpha value is -0.790. The Bertz CT molecular complexity index is 851. The van der Waals surface area contributed by atoms with Crippen LogP contribution in [0.2, 0.25) is 0 Å². The number of esters is 1. The molecular weight excluding hydrogens is 428 g/mol. The van der Waals surface area contributed by atoms with Gasteiger partial charge in [-0.05, 0) is 97.2 Å². The quantitative estimate of drug-likeness (QED) is 0.277. The van der Waals surface area contributed by atoms with Crippen molar-refractivity contribution in [3.8, 4) is 0 Å². The van der Waals surface area contributed by atoms with Crippen LogP contribution in [0.3, 0.4) is 0 Å². The molecule has 0 N–H and O–H groups in total. The van der Waals surface area contributed by atoms with Crippen molar-refractivity contribution in [1.82, 2.24) is 0 Å². The molecule has 2 heteroatoms. The van der Waals surface area contributed by atoms with Gasteiger partial charge in [-0.2, -0.15) is 0 Å². The van der Waals surface area contributed by atoms with Crippen molar-refractivity contribution in [1.29, 1.82) is 0 Å². The van der Waals surface area contributed by atoms with Crippen LogP contribution in [0.15, 0.2) is 11.1 Å². The molecule has 2 saturated carbocycles. The zero-order chi connectivity index (χ0) is 26.0. The normalized spacial score (nSPS) is 42.2. The second-order valence-electron chi connectivity index (χ2n) is 15.1. The molecule has 0 heterocycles. The van der Waals surface area contributed by atoms with Crippen LogP contribution in [0.4, 0.5) is 0 Å². The second kappa shape index (κ2) is 9.20. The molecule has 200 valence electrons. The van der Waals surface area contributed by atoms with Crippen molar-refractivity contribution in [3.05, 3.63) is 11.1 Å². The minimum absolute atomic E-state index is 0.0404. The van der Waals surface area contributed by atoms with Crippen LogP contribution in [-0.2, 0) is 9.53 Å². The first-order valence-corrected chi connectivity index (χ1v) is 15.1. The summed E-state index contributed by atoms with van der Waals surface area (Å²) >= 11 is 0. The number of hydrogen-bond donors (Lipinski definition) is 0. The number of fused-ring (bicyclic) bond motifs is 4. The number of ether oxygens (including phenoxy) is 1. The predicted octanol–water partition coefficient (Wildman–Crippen LogP) is 9.38. The van der Waals surface area contributed by atoms with E-state index in [1.807, 2.05) is 11.1 Å². The van der Waals surface area contributed by atoms with Gasteiger partial charge in [-0.1, -0.05) is 86.3 Å². The maximum Gasteiger partial charge on any atom is 0.302 e. The predicted molar refractivity (Wildman–Crippen MR) is 147 cm³/mol. The van der Waals surface area contributed by atoms with Crippen molar-refractivity contribution >= 4 is 5.97 Å². The lowest BCUT2D eigenvalue weighted by Gasteiger charge is -2.62. The Morgan fingerprint density at radius 3 is 2.20 bits per heavy atom. The van der Waals surface area contributed by atoms with E-state index in [1.165, 1.54) is 57.8 Å². The highest BCUT2D eigenvalue weighted by Crippen LogP contribution is 2.72. The lowest BCUT2D eigenvalue weighted by Crippen LogP contribution is -2.55. The van der Waals surface area contributed by atoms with Crippen molar-refractivity contribution < 1.29 is 9.53 Å². The second-order valence-corrected chi connectivity index (χ2v) is 15.1. The maximum absolute atomic E-state index is 11.8. The highest BCUT2D eigenvalue weighted by atomic mass is 16.5. The van der Waals surface area contributed by atoms with Crippen molar-refractivity contribution in [3.63, 3.8) is 0 Å². The van der Waals surface area contributed by atoms with Crippen LogP contribution >= 0.6 is 0 Å². The Morgan fingerprint density at radius 2 is 1.57 bits per heavy atom. The third kappa shape index (κ3) is 4.16. The fraction of sp³-hybridized carbons (Fsp3) is 0.909. The van der Waals surface area contributed by atoms with E-state index >= 15 is 0 Å². The minimum Gasteiger partial charge on any atom is -0.462 e. The van der Waals surface area contributed by atoms with E-state index in [9.17, 15) is 4.79 Å². The lowest BCUT2D eigenvalue weighted by atomic mass is 9.43. The third-order valence-electron chi connectivity index (χ3n) is 13.0. The highest BCUT2D eigenvalue weighted by molar-refractivity contribution is 5.66. The highest BCUT2D eigenvalue weighted by Gasteiger charge is 2.63. The van der Waals surface area contributed by atoms with Crippen LogP contribution in [0, 0.1) is 51.2 Å². The molecule has 0 aromatic heterocycles. The van der Waals surface area contributed by atoms with Gasteiger partial charge in [0.2, 0.25) is 0 Å². The minimum atomic E-state index is -0.114. The molecule has 4 aliphatic rings. The molecular formula is C33H56O2. The number of hydrogen-bond acceptors (Lipinski definition) is 2. The Kier molecular flexibility index (Phi) is 7.16. The molecule has 0 spiro atoms. The molecule has 8 atom stereocenters. The topological polar surface area (TPSA) is 26.3 Å². The summed E-state index contributed by atoms with van der Waals surface area (Å²) in [6.45, 7) is 24.1. The van der Waals surface area contributed by atoms with Crippen molar-refractivity contribution in [2.24, 2.45) is 51.2 Å². The Balaban J connectivity index is 1.60. The van der Waals surface area contributed by atoms with Gasteiger partial charge in [0.05, 0.1) is 0 Å². The third-order valence-corrected chi connectivity index (χ3v) is 13.0. The molecule has 4 aliphatic carbocycles. The van der Waals surface area contributed by atoms with Gasteiger partial charge in [0, 0.05) is 12.3 Å². The average molecular weight is 485 g/mol.